The van der Waals surface area contributed by atoms with Gasteiger partial charge in [0.25, 0.3) is 0 Å². The summed E-state index contributed by atoms with van der Waals surface area (Å²) in [6, 6.07) is 0. The maximum absolute atomic E-state index is 10.2. The minimum absolute atomic E-state index is 0. The monoisotopic (exact) mass is 766 g/mol. The number of carboxylic acid groups (broad SMARTS) is 1. The van der Waals surface area contributed by atoms with E-state index in [1.54, 1.807) is 6.08 Å². The Kier molecular flexibility index (Phi) is 38.6. The molecule has 0 spiro atoms. The molecule has 1 aliphatic rings. The molecule has 2 atom stereocenters. The molecule has 0 aromatic heterocycles. The molecule has 1 fully saturated rings. The van der Waals surface area contributed by atoms with E-state index in [0.717, 1.165) is 0 Å². The average molecular weight is 767 g/mol. The molecule has 52 heavy (non-hydrogen) atoms. The summed E-state index contributed by atoms with van der Waals surface area (Å²) in [5, 5.41) is 10.2. The molecule has 302 valence electrons. The molecule has 1 heterocycles. The van der Waals surface area contributed by atoms with Crippen molar-refractivity contribution >= 4 is 5.97 Å². The third-order valence-corrected chi connectivity index (χ3v) is 6.36. The van der Waals surface area contributed by atoms with Crippen molar-refractivity contribution in [3.63, 3.8) is 0 Å². The van der Waals surface area contributed by atoms with E-state index in [-0.39, 0.29) is 48.4 Å². The molecule has 0 aromatic rings. The maximum atomic E-state index is 10.2. The quantitative estimate of drug-likeness (QED) is 0.0342. The summed E-state index contributed by atoms with van der Waals surface area (Å²) in [6.07, 6.45) is 1.38. The van der Waals surface area contributed by atoms with Gasteiger partial charge in [-0.3, -0.25) is 0 Å². The first-order chi connectivity index (χ1) is 24.9. The van der Waals surface area contributed by atoms with Crippen LogP contribution in [0.15, 0.2) is 12.7 Å². The molecule has 0 bridgehead atoms. The Morgan fingerprint density at radius 1 is 0.635 bits per heavy atom. The zero-order valence-corrected chi connectivity index (χ0v) is 33.8. The molecule has 17 nitrogen and oxygen atoms in total. The summed E-state index contributed by atoms with van der Waals surface area (Å²) in [6.45, 7) is 17.8. The second-order valence-electron chi connectivity index (χ2n) is 11.2. The number of rotatable bonds is 41. The van der Waals surface area contributed by atoms with Gasteiger partial charge in [-0.25, -0.2) is 0 Å². The van der Waals surface area contributed by atoms with Gasteiger partial charge >= 0.3 is 29.6 Å². The predicted octanol–water partition coefficient (Wildman–Crippen LogP) is -3.34. The number of hydrogen-bond acceptors (Lipinski definition) is 17. The molecule has 2 unspecified atom stereocenters. The number of hydrogen-bond donors (Lipinski definition) is 0. The van der Waals surface area contributed by atoms with Crippen LogP contribution in [0.25, 0.3) is 0 Å². The van der Waals surface area contributed by atoms with Crippen molar-refractivity contribution in [1.82, 2.24) is 0 Å². The summed E-state index contributed by atoms with van der Waals surface area (Å²) < 4.78 is 82.3. The molecule has 0 saturated carbocycles. The van der Waals surface area contributed by atoms with Crippen LogP contribution in [0.5, 0.6) is 0 Å². The Morgan fingerprint density at radius 2 is 1.00 bits per heavy atom. The van der Waals surface area contributed by atoms with E-state index in [2.05, 4.69) is 6.58 Å². The van der Waals surface area contributed by atoms with E-state index in [0.29, 0.717) is 159 Å². The van der Waals surface area contributed by atoms with Gasteiger partial charge in [-0.15, -0.1) is 6.58 Å². The van der Waals surface area contributed by atoms with Crippen molar-refractivity contribution in [2.45, 2.75) is 31.8 Å². The largest absolute Gasteiger partial charge is 1.00 e. The summed E-state index contributed by atoms with van der Waals surface area (Å²) >= 11 is 0. The van der Waals surface area contributed by atoms with Crippen molar-refractivity contribution in [3.8, 4) is 0 Å². The van der Waals surface area contributed by atoms with Gasteiger partial charge in [0.1, 0.15) is 12.2 Å². The molecular formula is C34H63NaO17. The van der Waals surface area contributed by atoms with E-state index in [1.165, 1.54) is 0 Å². The Morgan fingerprint density at radius 3 is 1.35 bits per heavy atom. The number of carbonyl (C=O) groups is 1. The van der Waals surface area contributed by atoms with Crippen LogP contribution in [0.2, 0.25) is 0 Å². The van der Waals surface area contributed by atoms with Gasteiger partial charge in [-0.2, -0.15) is 0 Å². The van der Waals surface area contributed by atoms with Gasteiger partial charge < -0.3 is 81.0 Å². The molecule has 0 radical (unpaired) electrons. The van der Waals surface area contributed by atoms with Gasteiger partial charge in [0.05, 0.1) is 178 Å². The normalized spacial score (nSPS) is 15.8. The van der Waals surface area contributed by atoms with Gasteiger partial charge in [0.15, 0.2) is 5.79 Å². The molecular weight excluding hydrogens is 703 g/mol. The van der Waals surface area contributed by atoms with Crippen LogP contribution in [0.1, 0.15) is 13.8 Å². The first kappa shape index (κ1) is 51.6. The van der Waals surface area contributed by atoms with Crippen LogP contribution < -0.4 is 34.7 Å². The zero-order valence-electron chi connectivity index (χ0n) is 31.8. The van der Waals surface area contributed by atoms with Gasteiger partial charge in [0.2, 0.25) is 0 Å². The molecule has 0 amide bonds. The Bertz CT molecular complexity index is 782. The van der Waals surface area contributed by atoms with E-state index in [1.807, 2.05) is 13.8 Å². The number of carbonyl (C=O) groups excluding carboxylic acids is 1. The first-order valence-corrected chi connectivity index (χ1v) is 17.6. The van der Waals surface area contributed by atoms with Crippen molar-refractivity contribution in [1.29, 1.82) is 0 Å². The van der Waals surface area contributed by atoms with Crippen molar-refractivity contribution < 1.29 is 111 Å². The fraction of sp³-hybridized carbons (Fsp3) is 0.912. The molecule has 0 aliphatic carbocycles. The minimum Gasteiger partial charge on any atom is -0.548 e. The smallest absolute Gasteiger partial charge is 0.548 e. The SMILES string of the molecule is C=CCOCC(COCC1COC(C)(C)O1)OCCOCCOCCOCCOCCOCCOCCOCCOCCOCCOCC(=O)[O-].[Na+]. The van der Waals surface area contributed by atoms with Crippen LogP contribution in [-0.4, -0.2) is 196 Å². The van der Waals surface area contributed by atoms with E-state index >= 15 is 0 Å². The summed E-state index contributed by atoms with van der Waals surface area (Å²) in [7, 11) is 0. The average Bonchev–Trinajstić information content (AvgIpc) is 3.46. The molecule has 1 saturated heterocycles. The molecule has 1 aliphatic heterocycles. The van der Waals surface area contributed by atoms with Crippen molar-refractivity contribution in [3.05, 3.63) is 12.7 Å². The van der Waals surface area contributed by atoms with Gasteiger partial charge in [-0.05, 0) is 13.8 Å². The topological polar surface area (TPSA) is 179 Å². The van der Waals surface area contributed by atoms with E-state index < -0.39 is 18.4 Å². The van der Waals surface area contributed by atoms with Crippen molar-refractivity contribution in [2.75, 3.05) is 172 Å². The minimum atomic E-state index is -1.25. The van der Waals surface area contributed by atoms with Crippen molar-refractivity contribution in [2.24, 2.45) is 0 Å². The van der Waals surface area contributed by atoms with Crippen LogP contribution in [0.4, 0.5) is 0 Å². The van der Waals surface area contributed by atoms with Crippen LogP contribution in [-0.2, 0) is 75.8 Å². The summed E-state index contributed by atoms with van der Waals surface area (Å²) in [5.74, 6) is -1.82. The molecule has 1 rings (SSSR count). The molecule has 0 N–H and O–H groups in total. The first-order valence-electron chi connectivity index (χ1n) is 17.6. The maximum Gasteiger partial charge on any atom is 1.00 e. The number of aliphatic carboxylic acids is 1. The van der Waals surface area contributed by atoms with Gasteiger partial charge in [0, 0.05) is 0 Å². The molecule has 0 aromatic carbocycles. The number of carboxylic acids is 1. The fourth-order valence-electron chi connectivity index (χ4n) is 4.01. The van der Waals surface area contributed by atoms with Gasteiger partial charge in [-0.1, -0.05) is 6.08 Å². The van der Waals surface area contributed by atoms with Crippen LogP contribution >= 0.6 is 0 Å². The standard InChI is InChI=1S/C34H64O17.Na/c1-4-5-46-26-31(27-48-28-32-29-50-34(2,3)51-32)49-25-24-45-21-20-43-17-16-41-13-12-39-9-8-37-6-7-38-10-11-40-14-15-42-18-19-44-22-23-47-30-33(35)36;/h4,31-32H,1,5-30H2,2-3H3,(H,35,36);/q;+1/p-1. The van der Waals surface area contributed by atoms with Crippen LogP contribution in [0.3, 0.4) is 0 Å². The zero-order chi connectivity index (χ0) is 36.9. The molecule has 18 heteroatoms. The fourth-order valence-corrected chi connectivity index (χ4v) is 4.01. The summed E-state index contributed by atoms with van der Waals surface area (Å²) in [5.41, 5.74) is 0. The third kappa shape index (κ3) is 36.6. The number of ether oxygens (including phenoxy) is 15. The Hall–Kier alpha value is -0.390. The predicted molar refractivity (Wildman–Crippen MR) is 180 cm³/mol. The van der Waals surface area contributed by atoms with E-state index in [9.17, 15) is 9.90 Å². The van der Waals surface area contributed by atoms with Crippen LogP contribution in [0, 0.1) is 0 Å². The van der Waals surface area contributed by atoms with E-state index in [4.69, 9.17) is 71.1 Å². The second kappa shape index (κ2) is 38.9. The Balaban J connectivity index is 0.0000260. The second-order valence-corrected chi connectivity index (χ2v) is 11.2. The Labute approximate surface area is 331 Å². The third-order valence-electron chi connectivity index (χ3n) is 6.36. The summed E-state index contributed by atoms with van der Waals surface area (Å²) in [4.78, 5) is 10.2.